The van der Waals surface area contributed by atoms with Crippen LogP contribution >= 0.6 is 11.6 Å². The molecule has 0 amide bonds. The number of benzene rings is 1. The molecule has 0 saturated heterocycles. The lowest BCUT2D eigenvalue weighted by Gasteiger charge is -2.04. The summed E-state index contributed by atoms with van der Waals surface area (Å²) >= 11 is 5.78. The molecule has 2 rings (SSSR count). The van der Waals surface area contributed by atoms with Crippen LogP contribution in [0, 0.1) is 0 Å². The SMILES string of the molecule is Cn1cc(CS(=O)c2ccc(Cl)cc2N)nn1. The van der Waals surface area contributed by atoms with Crippen LogP contribution in [0.5, 0.6) is 0 Å². The number of nitrogen functional groups attached to an aromatic ring is 1. The summed E-state index contributed by atoms with van der Waals surface area (Å²) in [4.78, 5) is 0.569. The van der Waals surface area contributed by atoms with Gasteiger partial charge >= 0.3 is 0 Å². The topological polar surface area (TPSA) is 73.8 Å². The Bertz CT molecular complexity index is 569. The molecule has 5 nitrogen and oxygen atoms in total. The number of aromatic nitrogens is 3. The van der Waals surface area contributed by atoms with Crippen molar-refractivity contribution in [1.29, 1.82) is 0 Å². The summed E-state index contributed by atoms with van der Waals surface area (Å²) in [5, 5.41) is 8.19. The zero-order valence-corrected chi connectivity index (χ0v) is 10.7. The summed E-state index contributed by atoms with van der Waals surface area (Å²) in [6.45, 7) is 0. The van der Waals surface area contributed by atoms with E-state index in [9.17, 15) is 4.21 Å². The Kier molecular flexibility index (Phi) is 3.44. The van der Waals surface area contributed by atoms with E-state index < -0.39 is 10.8 Å². The summed E-state index contributed by atoms with van der Waals surface area (Å²) in [5.41, 5.74) is 6.86. The van der Waals surface area contributed by atoms with Crippen LogP contribution in [-0.4, -0.2) is 19.2 Å². The monoisotopic (exact) mass is 270 g/mol. The Balaban J connectivity index is 2.20. The van der Waals surface area contributed by atoms with Gasteiger partial charge in [0.1, 0.15) is 0 Å². The third-order valence-electron chi connectivity index (χ3n) is 2.15. The molecule has 0 fully saturated rings. The van der Waals surface area contributed by atoms with Crippen LogP contribution in [0.15, 0.2) is 29.3 Å². The van der Waals surface area contributed by atoms with E-state index in [4.69, 9.17) is 17.3 Å². The smallest absolute Gasteiger partial charge is 0.0955 e. The standard InChI is InChI=1S/C10H11ClN4OS/c1-15-5-8(13-14-15)6-17(16)10-3-2-7(11)4-9(10)12/h2-5H,6,12H2,1H3. The first-order chi connectivity index (χ1) is 8.06. The molecule has 1 atom stereocenters. The van der Waals surface area contributed by atoms with Gasteiger partial charge in [0.05, 0.1) is 27.1 Å². The lowest BCUT2D eigenvalue weighted by Crippen LogP contribution is -2.01. The molecule has 7 heteroatoms. The molecule has 0 radical (unpaired) electrons. The van der Waals surface area contributed by atoms with E-state index in [-0.39, 0.29) is 0 Å². The molecule has 1 aromatic heterocycles. The van der Waals surface area contributed by atoms with Gasteiger partial charge in [-0.1, -0.05) is 16.8 Å². The van der Waals surface area contributed by atoms with E-state index in [2.05, 4.69) is 10.3 Å². The molecule has 90 valence electrons. The van der Waals surface area contributed by atoms with Gasteiger partial charge in [-0.25, -0.2) is 0 Å². The molecule has 0 bridgehead atoms. The Labute approximate surface area is 106 Å². The summed E-state index contributed by atoms with van der Waals surface area (Å²) in [5.74, 6) is 0.291. The molecule has 0 saturated carbocycles. The van der Waals surface area contributed by atoms with E-state index in [0.717, 1.165) is 0 Å². The maximum atomic E-state index is 12.1. The lowest BCUT2D eigenvalue weighted by molar-refractivity contribution is 0.682. The second kappa shape index (κ2) is 4.85. The predicted octanol–water partition coefficient (Wildman–Crippen LogP) is 1.36. The first kappa shape index (κ1) is 12.1. The van der Waals surface area contributed by atoms with Gasteiger partial charge in [-0.2, -0.15) is 0 Å². The maximum Gasteiger partial charge on any atom is 0.0955 e. The summed E-state index contributed by atoms with van der Waals surface area (Å²) < 4.78 is 13.6. The van der Waals surface area contributed by atoms with Crippen LogP contribution in [0.4, 0.5) is 5.69 Å². The normalized spacial score (nSPS) is 12.6. The van der Waals surface area contributed by atoms with Crippen molar-refractivity contribution in [3.63, 3.8) is 0 Å². The minimum atomic E-state index is -1.24. The zero-order chi connectivity index (χ0) is 12.4. The quantitative estimate of drug-likeness (QED) is 0.855. The molecule has 1 aromatic carbocycles. The number of halogens is 1. The Morgan fingerprint density at radius 1 is 1.53 bits per heavy atom. The molecule has 2 N–H and O–H groups in total. The highest BCUT2D eigenvalue weighted by molar-refractivity contribution is 7.84. The van der Waals surface area contributed by atoms with Crippen LogP contribution in [0.25, 0.3) is 0 Å². The molecule has 17 heavy (non-hydrogen) atoms. The second-order valence-electron chi connectivity index (χ2n) is 3.56. The van der Waals surface area contributed by atoms with Crippen molar-refractivity contribution in [1.82, 2.24) is 15.0 Å². The van der Waals surface area contributed by atoms with Crippen molar-refractivity contribution in [2.45, 2.75) is 10.6 Å². The van der Waals surface area contributed by atoms with Gasteiger partial charge in [0.25, 0.3) is 0 Å². The van der Waals surface area contributed by atoms with Gasteiger partial charge < -0.3 is 5.73 Å². The number of hydrogen-bond acceptors (Lipinski definition) is 4. The number of anilines is 1. The van der Waals surface area contributed by atoms with Crippen molar-refractivity contribution in [2.75, 3.05) is 5.73 Å². The third kappa shape index (κ3) is 2.83. The Morgan fingerprint density at radius 2 is 2.29 bits per heavy atom. The number of nitrogens with two attached hydrogens (primary N) is 1. The molecular weight excluding hydrogens is 260 g/mol. The van der Waals surface area contributed by atoms with Crippen molar-refractivity contribution in [2.24, 2.45) is 7.05 Å². The highest BCUT2D eigenvalue weighted by atomic mass is 35.5. The Morgan fingerprint density at radius 3 is 2.88 bits per heavy atom. The van der Waals surface area contributed by atoms with Crippen LogP contribution < -0.4 is 5.73 Å². The number of rotatable bonds is 3. The highest BCUT2D eigenvalue weighted by Crippen LogP contribution is 2.22. The van der Waals surface area contributed by atoms with Gasteiger partial charge in [0, 0.05) is 24.0 Å². The van der Waals surface area contributed by atoms with E-state index in [1.807, 2.05) is 0 Å². The lowest BCUT2D eigenvalue weighted by atomic mass is 10.3. The van der Waals surface area contributed by atoms with Crippen molar-refractivity contribution < 1.29 is 4.21 Å². The molecule has 1 unspecified atom stereocenters. The number of hydrogen-bond donors (Lipinski definition) is 1. The van der Waals surface area contributed by atoms with Gasteiger partial charge in [0.2, 0.25) is 0 Å². The highest BCUT2D eigenvalue weighted by Gasteiger charge is 2.11. The molecule has 2 aromatic rings. The summed E-state index contributed by atoms with van der Waals surface area (Å²) in [6.07, 6.45) is 1.73. The fourth-order valence-corrected chi connectivity index (χ4v) is 2.68. The van der Waals surface area contributed by atoms with Crippen LogP contribution in [0.2, 0.25) is 5.02 Å². The third-order valence-corrected chi connectivity index (χ3v) is 3.80. The summed E-state index contributed by atoms with van der Waals surface area (Å²) in [6, 6.07) is 4.93. The van der Waals surface area contributed by atoms with Gasteiger partial charge in [-0.3, -0.25) is 8.89 Å². The predicted molar refractivity (Wildman–Crippen MR) is 67.0 cm³/mol. The average Bonchev–Trinajstić information content (AvgIpc) is 2.63. The van der Waals surface area contributed by atoms with E-state index in [1.165, 1.54) is 0 Å². The van der Waals surface area contributed by atoms with Crippen LogP contribution in [0.3, 0.4) is 0 Å². The molecule has 0 aliphatic heterocycles. The average molecular weight is 271 g/mol. The van der Waals surface area contributed by atoms with Crippen LogP contribution in [0.1, 0.15) is 5.69 Å². The number of aryl methyl sites for hydroxylation is 1. The van der Waals surface area contributed by atoms with Crippen molar-refractivity contribution >= 4 is 28.1 Å². The molecular formula is C10H11ClN4OS. The molecule has 1 heterocycles. The van der Waals surface area contributed by atoms with Crippen molar-refractivity contribution in [3.05, 3.63) is 35.1 Å². The number of nitrogens with zero attached hydrogens (tertiary/aromatic N) is 3. The van der Waals surface area contributed by atoms with Crippen LogP contribution in [-0.2, 0) is 23.6 Å². The largest absolute Gasteiger partial charge is 0.398 e. The fraction of sp³-hybridized carbons (Fsp3) is 0.200. The Hall–Kier alpha value is -1.40. The first-order valence-corrected chi connectivity index (χ1v) is 6.54. The van der Waals surface area contributed by atoms with E-state index >= 15 is 0 Å². The van der Waals surface area contributed by atoms with Gasteiger partial charge in [-0.15, -0.1) is 5.10 Å². The summed E-state index contributed by atoms with van der Waals surface area (Å²) in [7, 11) is 0.520. The maximum absolute atomic E-state index is 12.1. The molecule has 0 spiro atoms. The fourth-order valence-electron chi connectivity index (χ4n) is 1.40. The minimum Gasteiger partial charge on any atom is -0.398 e. The molecule has 0 aliphatic rings. The second-order valence-corrected chi connectivity index (χ2v) is 5.41. The first-order valence-electron chi connectivity index (χ1n) is 4.85. The van der Waals surface area contributed by atoms with Crippen molar-refractivity contribution in [3.8, 4) is 0 Å². The molecule has 0 aliphatic carbocycles. The minimum absolute atomic E-state index is 0.291. The van der Waals surface area contributed by atoms with E-state index in [1.54, 1.807) is 36.1 Å². The van der Waals surface area contributed by atoms with Gasteiger partial charge in [-0.05, 0) is 18.2 Å². The van der Waals surface area contributed by atoms with Gasteiger partial charge in [0.15, 0.2) is 0 Å². The van der Waals surface area contributed by atoms with E-state index in [0.29, 0.717) is 27.1 Å². The zero-order valence-electron chi connectivity index (χ0n) is 9.13.